The topological polar surface area (TPSA) is 49.9 Å². The minimum absolute atomic E-state index is 0.0211. The van der Waals surface area contributed by atoms with Crippen LogP contribution in [-0.2, 0) is 22.6 Å². The molecule has 1 fully saturated rings. The van der Waals surface area contributed by atoms with E-state index >= 15 is 0 Å². The zero-order valence-electron chi connectivity index (χ0n) is 12.8. The van der Waals surface area contributed by atoms with Gasteiger partial charge in [-0.1, -0.05) is 0 Å². The summed E-state index contributed by atoms with van der Waals surface area (Å²) in [5, 5.41) is 0. The summed E-state index contributed by atoms with van der Waals surface area (Å²) in [6.07, 6.45) is 0.878. The molecule has 0 aliphatic carbocycles. The first-order valence-corrected chi connectivity index (χ1v) is 9.42. The Kier molecular flexibility index (Phi) is 4.75. The minimum atomic E-state index is -0.335. The predicted molar refractivity (Wildman–Crippen MR) is 88.3 cm³/mol. The third kappa shape index (κ3) is 2.89. The number of thiophene rings is 1. The fourth-order valence-corrected chi connectivity index (χ4v) is 4.90. The lowest BCUT2D eigenvalue weighted by Gasteiger charge is -2.26. The van der Waals surface area contributed by atoms with Crippen molar-refractivity contribution in [3.05, 3.63) is 21.4 Å². The molecule has 5 nitrogen and oxygen atoms in total. The fraction of sp³-hybridized carbons (Fsp3) is 0.600. The van der Waals surface area contributed by atoms with Crippen molar-refractivity contribution in [1.82, 2.24) is 9.80 Å². The molecule has 1 aromatic rings. The molecule has 2 aliphatic rings. The van der Waals surface area contributed by atoms with Gasteiger partial charge in [0.05, 0.1) is 24.0 Å². The first-order valence-electron chi connectivity index (χ1n) is 7.44. The summed E-state index contributed by atoms with van der Waals surface area (Å²) >= 11 is 3.19. The Morgan fingerprint density at radius 2 is 2.32 bits per heavy atom. The molecule has 0 N–H and O–H groups in total. The van der Waals surface area contributed by atoms with Gasteiger partial charge >= 0.3 is 0 Å². The highest BCUT2D eigenvalue weighted by atomic mass is 32.2. The molecule has 22 heavy (non-hydrogen) atoms. The molecule has 1 unspecified atom stereocenters. The highest BCUT2D eigenvalue weighted by Crippen LogP contribution is 2.31. The van der Waals surface area contributed by atoms with E-state index in [-0.39, 0.29) is 17.9 Å². The van der Waals surface area contributed by atoms with Crippen LogP contribution < -0.4 is 0 Å². The number of hydrogen-bond donors (Lipinski definition) is 0. The average molecular weight is 340 g/mol. The number of hydrogen-bond acceptors (Lipinski definition) is 5. The van der Waals surface area contributed by atoms with Crippen LogP contribution in [0, 0.1) is 0 Å². The maximum atomic E-state index is 12.8. The van der Waals surface area contributed by atoms with Crippen LogP contribution in [0.15, 0.2) is 6.07 Å². The number of rotatable bonds is 3. The number of nitrogens with zero attached hydrogens (tertiary/aromatic N) is 2. The van der Waals surface area contributed by atoms with Gasteiger partial charge in [-0.25, -0.2) is 0 Å². The molecule has 0 radical (unpaired) electrons. The van der Waals surface area contributed by atoms with Gasteiger partial charge in [-0.2, -0.15) is 0 Å². The molecule has 7 heteroatoms. The Labute approximate surface area is 138 Å². The van der Waals surface area contributed by atoms with Gasteiger partial charge in [-0.3, -0.25) is 9.59 Å². The third-order valence-electron chi connectivity index (χ3n) is 4.12. The van der Waals surface area contributed by atoms with E-state index in [0.717, 1.165) is 23.5 Å². The van der Waals surface area contributed by atoms with Crippen molar-refractivity contribution in [1.29, 1.82) is 0 Å². The Morgan fingerprint density at radius 3 is 3.05 bits per heavy atom. The van der Waals surface area contributed by atoms with E-state index in [1.165, 1.54) is 4.88 Å². The number of carbonyl (C=O) groups excluding carboxylic acids is 2. The first kappa shape index (κ1) is 15.8. The zero-order valence-corrected chi connectivity index (χ0v) is 14.5. The molecule has 0 spiro atoms. The SMILES string of the molecule is CCN(C)C(=O)C1CSCN1C(=O)c1cc2c(s1)CCOC2. The Morgan fingerprint density at radius 1 is 1.50 bits per heavy atom. The summed E-state index contributed by atoms with van der Waals surface area (Å²) in [7, 11) is 1.79. The van der Waals surface area contributed by atoms with Gasteiger partial charge in [-0.05, 0) is 18.6 Å². The highest BCUT2D eigenvalue weighted by Gasteiger charge is 2.37. The smallest absolute Gasteiger partial charge is 0.265 e. The number of likely N-dealkylation sites (N-methyl/N-ethyl adjacent to an activating group) is 1. The third-order valence-corrected chi connectivity index (χ3v) is 6.35. The standard InChI is InChI=1S/C15H20N2O3S2/c1-3-16(2)14(18)11-8-21-9-17(11)15(19)13-6-10-7-20-5-4-12(10)22-13/h6,11H,3-5,7-9H2,1-2H3. The number of amides is 2. The molecular weight excluding hydrogens is 320 g/mol. The number of carbonyl (C=O) groups is 2. The minimum Gasteiger partial charge on any atom is -0.376 e. The zero-order chi connectivity index (χ0) is 15.7. The van der Waals surface area contributed by atoms with Crippen LogP contribution in [-0.4, -0.2) is 59.5 Å². The van der Waals surface area contributed by atoms with Crippen molar-refractivity contribution in [2.45, 2.75) is 26.0 Å². The Hall–Kier alpha value is -1.05. The van der Waals surface area contributed by atoms with Crippen LogP contribution in [0.5, 0.6) is 0 Å². The molecule has 0 bridgehead atoms. The van der Waals surface area contributed by atoms with Gasteiger partial charge in [0.25, 0.3) is 5.91 Å². The molecule has 2 aliphatic heterocycles. The van der Waals surface area contributed by atoms with E-state index in [9.17, 15) is 9.59 Å². The largest absolute Gasteiger partial charge is 0.376 e. The van der Waals surface area contributed by atoms with Gasteiger partial charge in [0, 0.05) is 30.6 Å². The highest BCUT2D eigenvalue weighted by molar-refractivity contribution is 7.99. The summed E-state index contributed by atoms with van der Waals surface area (Å²) in [6.45, 7) is 3.92. The number of thioether (sulfide) groups is 1. The lowest BCUT2D eigenvalue weighted by molar-refractivity contribution is -0.133. The van der Waals surface area contributed by atoms with E-state index < -0.39 is 0 Å². The molecule has 1 atom stereocenters. The molecule has 1 saturated heterocycles. The van der Waals surface area contributed by atoms with Crippen molar-refractivity contribution in [3.63, 3.8) is 0 Å². The molecule has 3 heterocycles. The van der Waals surface area contributed by atoms with Crippen LogP contribution in [0.1, 0.15) is 27.0 Å². The lowest BCUT2D eigenvalue weighted by atomic mass is 10.2. The van der Waals surface area contributed by atoms with Crippen LogP contribution >= 0.6 is 23.1 Å². The molecule has 0 aromatic carbocycles. The Bertz CT molecular complexity index is 564. The van der Waals surface area contributed by atoms with Gasteiger partial charge in [-0.15, -0.1) is 23.1 Å². The van der Waals surface area contributed by atoms with E-state index in [2.05, 4.69) is 0 Å². The second-order valence-corrected chi connectivity index (χ2v) is 7.64. The molecule has 1 aromatic heterocycles. The number of ether oxygens (including phenoxy) is 1. The van der Waals surface area contributed by atoms with Crippen LogP contribution in [0.3, 0.4) is 0 Å². The average Bonchev–Trinajstić information content (AvgIpc) is 3.18. The van der Waals surface area contributed by atoms with E-state index in [1.807, 2.05) is 13.0 Å². The maximum absolute atomic E-state index is 12.8. The first-order chi connectivity index (χ1) is 10.6. The maximum Gasteiger partial charge on any atom is 0.265 e. The van der Waals surface area contributed by atoms with Crippen LogP contribution in [0.4, 0.5) is 0 Å². The monoisotopic (exact) mass is 340 g/mol. The molecular formula is C15H20N2O3S2. The summed E-state index contributed by atoms with van der Waals surface area (Å²) < 4.78 is 5.44. The van der Waals surface area contributed by atoms with Gasteiger partial charge < -0.3 is 14.5 Å². The normalized spacial score (nSPS) is 20.8. The molecule has 120 valence electrons. The van der Waals surface area contributed by atoms with E-state index in [4.69, 9.17) is 4.74 Å². The van der Waals surface area contributed by atoms with E-state index in [1.54, 1.807) is 39.9 Å². The van der Waals surface area contributed by atoms with Crippen molar-refractivity contribution in [2.24, 2.45) is 0 Å². The number of fused-ring (bicyclic) bond motifs is 1. The summed E-state index contributed by atoms with van der Waals surface area (Å²) in [6, 6.07) is 1.60. The lowest BCUT2D eigenvalue weighted by Crippen LogP contribution is -2.47. The fourth-order valence-electron chi connectivity index (χ4n) is 2.65. The van der Waals surface area contributed by atoms with E-state index in [0.29, 0.717) is 24.8 Å². The van der Waals surface area contributed by atoms with Crippen molar-refractivity contribution in [3.8, 4) is 0 Å². The van der Waals surface area contributed by atoms with Gasteiger partial charge in [0.1, 0.15) is 6.04 Å². The van der Waals surface area contributed by atoms with Crippen molar-refractivity contribution in [2.75, 3.05) is 31.8 Å². The summed E-state index contributed by atoms with van der Waals surface area (Å²) in [5.41, 5.74) is 1.13. The second-order valence-electron chi connectivity index (χ2n) is 5.50. The second kappa shape index (κ2) is 6.60. The molecule has 2 amide bonds. The van der Waals surface area contributed by atoms with Gasteiger partial charge in [0.15, 0.2) is 0 Å². The molecule has 0 saturated carbocycles. The Balaban J connectivity index is 1.78. The van der Waals surface area contributed by atoms with Crippen LogP contribution in [0.2, 0.25) is 0 Å². The van der Waals surface area contributed by atoms with Gasteiger partial charge in [0.2, 0.25) is 5.91 Å². The summed E-state index contributed by atoms with van der Waals surface area (Å²) in [4.78, 5) is 30.6. The summed E-state index contributed by atoms with van der Waals surface area (Å²) in [5.74, 6) is 1.28. The quantitative estimate of drug-likeness (QED) is 0.842. The predicted octanol–water partition coefficient (Wildman–Crippen LogP) is 1.81. The molecule has 3 rings (SSSR count). The van der Waals surface area contributed by atoms with Crippen molar-refractivity contribution < 1.29 is 14.3 Å². The van der Waals surface area contributed by atoms with Crippen molar-refractivity contribution >= 4 is 34.9 Å². The van der Waals surface area contributed by atoms with Crippen LogP contribution in [0.25, 0.3) is 0 Å².